The van der Waals surface area contributed by atoms with Gasteiger partial charge in [0.05, 0.1) is 5.60 Å². The van der Waals surface area contributed by atoms with Crippen molar-refractivity contribution in [3.05, 3.63) is 11.6 Å². The van der Waals surface area contributed by atoms with E-state index in [-0.39, 0.29) is 5.60 Å². The molecule has 0 aliphatic heterocycles. The van der Waals surface area contributed by atoms with Crippen LogP contribution < -0.4 is 0 Å². The summed E-state index contributed by atoms with van der Waals surface area (Å²) in [5.74, 6) is 0.823. The Morgan fingerprint density at radius 1 is 1.16 bits per heavy atom. The molecule has 2 heteroatoms. The Morgan fingerprint density at radius 3 is 2.37 bits per heavy atom. The molecule has 0 aromatic rings. The Morgan fingerprint density at radius 2 is 1.79 bits per heavy atom. The van der Waals surface area contributed by atoms with Gasteiger partial charge in [-0.1, -0.05) is 26.8 Å². The predicted octanol–water partition coefficient (Wildman–Crippen LogP) is 5.68. The van der Waals surface area contributed by atoms with E-state index in [9.17, 15) is 0 Å². The van der Waals surface area contributed by atoms with Gasteiger partial charge in [-0.3, -0.25) is 0 Å². The molecule has 0 radical (unpaired) electrons. The lowest BCUT2D eigenvalue weighted by molar-refractivity contribution is 0.0329. The summed E-state index contributed by atoms with van der Waals surface area (Å²) in [6.07, 6.45) is 10.5. The number of allylic oxidation sites excluding steroid dienone is 1. The SMILES string of the molecule is C/C=C1\CCC[C@@H]2CCC[C@]12O[Si](CC)(CC)CC. The van der Waals surface area contributed by atoms with E-state index in [0.717, 1.165) is 5.92 Å². The highest BCUT2D eigenvalue weighted by Crippen LogP contribution is 2.53. The summed E-state index contributed by atoms with van der Waals surface area (Å²) in [6, 6.07) is 3.85. The van der Waals surface area contributed by atoms with E-state index in [1.165, 1.54) is 56.7 Å². The van der Waals surface area contributed by atoms with Gasteiger partial charge < -0.3 is 4.43 Å². The van der Waals surface area contributed by atoms with Gasteiger partial charge in [-0.05, 0) is 75.1 Å². The molecule has 0 heterocycles. The lowest BCUT2D eigenvalue weighted by Crippen LogP contribution is -2.51. The molecule has 0 bridgehead atoms. The number of hydrogen-bond donors (Lipinski definition) is 0. The smallest absolute Gasteiger partial charge is 0.193 e. The first-order valence-electron chi connectivity index (χ1n) is 8.52. The number of rotatable bonds is 5. The summed E-state index contributed by atoms with van der Waals surface area (Å²) in [5.41, 5.74) is 1.81. The summed E-state index contributed by atoms with van der Waals surface area (Å²) in [5, 5.41) is 0. The first-order chi connectivity index (χ1) is 9.16. The minimum Gasteiger partial charge on any atom is -0.407 e. The van der Waals surface area contributed by atoms with E-state index in [1.54, 1.807) is 5.57 Å². The average molecular weight is 281 g/mol. The Bertz CT molecular complexity index is 324. The maximum Gasteiger partial charge on any atom is 0.193 e. The van der Waals surface area contributed by atoms with Crippen LogP contribution in [0, 0.1) is 5.92 Å². The maximum absolute atomic E-state index is 7.11. The Kier molecular flexibility index (Phi) is 4.94. The Labute approximate surface area is 120 Å². The zero-order chi connectivity index (χ0) is 13.9. The van der Waals surface area contributed by atoms with Crippen molar-refractivity contribution >= 4 is 8.32 Å². The highest BCUT2D eigenvalue weighted by molar-refractivity contribution is 6.73. The second kappa shape index (κ2) is 6.13. The van der Waals surface area contributed by atoms with E-state index < -0.39 is 8.32 Å². The fourth-order valence-corrected chi connectivity index (χ4v) is 7.65. The molecular weight excluding hydrogens is 248 g/mol. The van der Waals surface area contributed by atoms with Crippen LogP contribution in [0.15, 0.2) is 11.6 Å². The summed E-state index contributed by atoms with van der Waals surface area (Å²) < 4.78 is 7.11. The lowest BCUT2D eigenvalue weighted by Gasteiger charge is -2.48. The standard InChI is InChI=1S/C17H32OSi/c1-5-15-11-9-12-16-13-10-14-17(15,16)18-19(6-2,7-3)8-4/h5,16H,6-14H2,1-4H3/b15-5+/t16-,17+/m1/s1. The Hall–Kier alpha value is -0.0831. The molecule has 0 aromatic heterocycles. The molecule has 110 valence electrons. The topological polar surface area (TPSA) is 9.23 Å². The molecule has 2 aliphatic rings. The molecule has 1 nitrogen and oxygen atoms in total. The lowest BCUT2D eigenvalue weighted by atomic mass is 9.74. The molecule has 19 heavy (non-hydrogen) atoms. The van der Waals surface area contributed by atoms with Crippen molar-refractivity contribution in [1.29, 1.82) is 0 Å². The first kappa shape index (κ1) is 15.3. The fraction of sp³-hybridized carbons (Fsp3) is 0.882. The fourth-order valence-electron chi connectivity index (χ4n) is 4.54. The second-order valence-electron chi connectivity index (χ2n) is 6.53. The highest BCUT2D eigenvalue weighted by atomic mass is 28.4. The third kappa shape index (κ3) is 2.58. The van der Waals surface area contributed by atoms with Gasteiger partial charge in [0, 0.05) is 0 Å². The van der Waals surface area contributed by atoms with Crippen molar-refractivity contribution < 1.29 is 4.43 Å². The molecule has 2 rings (SSSR count). The van der Waals surface area contributed by atoms with Gasteiger partial charge in [0.2, 0.25) is 0 Å². The van der Waals surface area contributed by atoms with Gasteiger partial charge >= 0.3 is 0 Å². The molecular formula is C17H32OSi. The predicted molar refractivity (Wildman–Crippen MR) is 86.0 cm³/mol. The van der Waals surface area contributed by atoms with Crippen LogP contribution in [0.3, 0.4) is 0 Å². The van der Waals surface area contributed by atoms with Crippen LogP contribution >= 0.6 is 0 Å². The van der Waals surface area contributed by atoms with Crippen LogP contribution in [0.5, 0.6) is 0 Å². The minimum absolute atomic E-state index is 0.168. The molecule has 0 amide bonds. The van der Waals surface area contributed by atoms with Gasteiger partial charge in [-0.2, -0.15) is 0 Å². The zero-order valence-electron chi connectivity index (χ0n) is 13.4. The van der Waals surface area contributed by atoms with Crippen molar-refractivity contribution in [2.45, 2.75) is 90.0 Å². The van der Waals surface area contributed by atoms with Crippen molar-refractivity contribution in [2.24, 2.45) is 5.92 Å². The molecule has 0 aromatic carbocycles. The van der Waals surface area contributed by atoms with Crippen LogP contribution in [0.4, 0.5) is 0 Å². The highest BCUT2D eigenvalue weighted by Gasteiger charge is 2.51. The molecule has 0 unspecified atom stereocenters. The summed E-state index contributed by atoms with van der Waals surface area (Å²) in [4.78, 5) is 0. The largest absolute Gasteiger partial charge is 0.407 e. The molecule has 0 N–H and O–H groups in total. The van der Waals surface area contributed by atoms with Crippen LogP contribution in [-0.4, -0.2) is 13.9 Å². The summed E-state index contributed by atoms with van der Waals surface area (Å²) in [7, 11) is -1.50. The first-order valence-corrected chi connectivity index (χ1v) is 11.0. The van der Waals surface area contributed by atoms with Gasteiger partial charge in [0.1, 0.15) is 0 Å². The van der Waals surface area contributed by atoms with E-state index >= 15 is 0 Å². The number of hydrogen-bond acceptors (Lipinski definition) is 1. The van der Waals surface area contributed by atoms with Gasteiger partial charge in [-0.15, -0.1) is 0 Å². The molecule has 0 saturated heterocycles. The van der Waals surface area contributed by atoms with Gasteiger partial charge in [0.25, 0.3) is 0 Å². The van der Waals surface area contributed by atoms with Crippen molar-refractivity contribution in [2.75, 3.05) is 0 Å². The van der Waals surface area contributed by atoms with Crippen molar-refractivity contribution in [1.82, 2.24) is 0 Å². The molecule has 2 saturated carbocycles. The van der Waals surface area contributed by atoms with E-state index in [0.29, 0.717) is 0 Å². The third-order valence-corrected chi connectivity index (χ3v) is 10.6. The van der Waals surface area contributed by atoms with Gasteiger partial charge in [-0.25, -0.2) is 0 Å². The third-order valence-electron chi connectivity index (χ3n) is 5.98. The van der Waals surface area contributed by atoms with E-state index in [4.69, 9.17) is 4.43 Å². The monoisotopic (exact) mass is 280 g/mol. The van der Waals surface area contributed by atoms with Crippen LogP contribution in [-0.2, 0) is 4.43 Å². The average Bonchev–Trinajstić information content (AvgIpc) is 2.88. The normalized spacial score (nSPS) is 33.7. The van der Waals surface area contributed by atoms with Crippen LogP contribution in [0.1, 0.15) is 66.2 Å². The summed E-state index contributed by atoms with van der Waals surface area (Å²) >= 11 is 0. The van der Waals surface area contributed by atoms with E-state index in [1.807, 2.05) is 0 Å². The second-order valence-corrected chi connectivity index (χ2v) is 11.2. The molecule has 0 spiro atoms. The van der Waals surface area contributed by atoms with Crippen molar-refractivity contribution in [3.63, 3.8) is 0 Å². The quantitative estimate of drug-likeness (QED) is 0.465. The minimum atomic E-state index is -1.50. The van der Waals surface area contributed by atoms with Crippen molar-refractivity contribution in [3.8, 4) is 0 Å². The van der Waals surface area contributed by atoms with Crippen LogP contribution in [0.2, 0.25) is 18.1 Å². The Balaban J connectivity index is 2.31. The maximum atomic E-state index is 7.11. The zero-order valence-corrected chi connectivity index (χ0v) is 14.4. The summed E-state index contributed by atoms with van der Waals surface area (Å²) in [6.45, 7) is 9.31. The van der Waals surface area contributed by atoms with Gasteiger partial charge in [0.15, 0.2) is 8.32 Å². The van der Waals surface area contributed by atoms with Crippen LogP contribution in [0.25, 0.3) is 0 Å². The van der Waals surface area contributed by atoms with E-state index in [2.05, 4.69) is 33.8 Å². The number of fused-ring (bicyclic) bond motifs is 1. The molecule has 2 aliphatic carbocycles. The molecule has 2 atom stereocenters. The molecule has 2 fully saturated rings.